The Labute approximate surface area is 207 Å². The Balaban J connectivity index is 1.29. The molecule has 1 saturated heterocycles. The summed E-state index contributed by atoms with van der Waals surface area (Å²) in [5.41, 5.74) is 2.75. The smallest absolute Gasteiger partial charge is 0.277 e. The Hall–Kier alpha value is -3.76. The van der Waals surface area contributed by atoms with Gasteiger partial charge >= 0.3 is 0 Å². The molecular formula is C26H24FN3O5S. The van der Waals surface area contributed by atoms with Crippen molar-refractivity contribution in [1.82, 2.24) is 14.6 Å². The molecule has 0 unspecified atom stereocenters. The molecule has 0 bridgehead atoms. The third-order valence-corrected chi connectivity index (χ3v) is 7.97. The number of sulfonamides is 1. The maximum absolute atomic E-state index is 13.5. The van der Waals surface area contributed by atoms with Crippen LogP contribution in [0, 0.1) is 5.82 Å². The molecule has 1 N–H and O–H groups in total. The number of pyridine rings is 1. The number of benzene rings is 2. The van der Waals surface area contributed by atoms with Crippen LogP contribution < -0.4 is 10.1 Å². The molecule has 4 aromatic rings. The van der Waals surface area contributed by atoms with Gasteiger partial charge < -0.3 is 14.5 Å². The zero-order chi connectivity index (χ0) is 25.3. The first-order valence-corrected chi connectivity index (χ1v) is 12.9. The van der Waals surface area contributed by atoms with Crippen molar-refractivity contribution >= 4 is 26.9 Å². The van der Waals surface area contributed by atoms with Gasteiger partial charge in [0.25, 0.3) is 10.0 Å². The number of aromatic nitrogens is 1. The fraction of sp³-hybridized carbons (Fsp3) is 0.231. The normalized spacial score (nSPS) is 16.3. The van der Waals surface area contributed by atoms with Gasteiger partial charge in [-0.25, -0.2) is 12.8 Å². The molecule has 0 radical (unpaired) electrons. The first-order chi connectivity index (χ1) is 17.3. The summed E-state index contributed by atoms with van der Waals surface area (Å²) in [6.07, 6.45) is 2.61. The molecule has 0 spiro atoms. The zero-order valence-electron chi connectivity index (χ0n) is 19.5. The minimum atomic E-state index is -4.08. The number of nitrogens with zero attached hydrogens (tertiary/aromatic N) is 2. The number of rotatable bonds is 7. The number of carbonyl (C=O) groups is 1. The van der Waals surface area contributed by atoms with Crippen LogP contribution in [0.2, 0.25) is 0 Å². The van der Waals surface area contributed by atoms with Crippen LogP contribution in [0.5, 0.6) is 5.75 Å². The van der Waals surface area contributed by atoms with Crippen LogP contribution >= 0.6 is 0 Å². The van der Waals surface area contributed by atoms with Crippen molar-refractivity contribution in [3.8, 4) is 17.0 Å². The Bertz CT molecular complexity index is 1520. The summed E-state index contributed by atoms with van der Waals surface area (Å²) >= 11 is 0. The average Bonchev–Trinajstić information content (AvgIpc) is 3.56. The van der Waals surface area contributed by atoms with E-state index in [1.165, 1.54) is 24.3 Å². The molecule has 1 atom stereocenters. The Morgan fingerprint density at radius 2 is 1.97 bits per heavy atom. The van der Waals surface area contributed by atoms with Gasteiger partial charge in [0.15, 0.2) is 0 Å². The van der Waals surface area contributed by atoms with Crippen LogP contribution in [0.4, 0.5) is 4.39 Å². The summed E-state index contributed by atoms with van der Waals surface area (Å²) < 4.78 is 51.9. The molecule has 8 nitrogen and oxygen atoms in total. The Morgan fingerprint density at radius 3 is 2.75 bits per heavy atom. The maximum Gasteiger partial charge on any atom is 0.277 e. The van der Waals surface area contributed by atoms with Crippen molar-refractivity contribution in [3.63, 3.8) is 0 Å². The third-order valence-electron chi connectivity index (χ3n) is 6.20. The Morgan fingerprint density at radius 1 is 1.17 bits per heavy atom. The van der Waals surface area contributed by atoms with Crippen LogP contribution in [0.25, 0.3) is 22.2 Å². The van der Waals surface area contributed by atoms with Crippen LogP contribution in [0.15, 0.2) is 76.4 Å². The summed E-state index contributed by atoms with van der Waals surface area (Å²) in [6.45, 7) is 0.418. The van der Waals surface area contributed by atoms with E-state index in [0.717, 1.165) is 26.9 Å². The van der Waals surface area contributed by atoms with Gasteiger partial charge in [-0.2, -0.15) is 4.31 Å². The summed E-state index contributed by atoms with van der Waals surface area (Å²) in [5.74, 6) is -0.133. The van der Waals surface area contributed by atoms with Gasteiger partial charge in [-0.05, 0) is 73.0 Å². The summed E-state index contributed by atoms with van der Waals surface area (Å²) in [5, 5.41) is 2.89. The standard InChI is InChI=1S/C26H24FN3O5S/c1-34-21-7-4-18(5-8-21)22-13-17(10-11-28-22)16-29-26(31)23-3-2-12-30(23)36(32,33)25-15-19-14-20(27)6-9-24(19)35-25/h4-11,13-15,23H,2-3,12,16H2,1H3,(H,29,31)/t23-/m0/s1. The van der Waals surface area contributed by atoms with Gasteiger partial charge in [0.2, 0.25) is 11.0 Å². The van der Waals surface area contributed by atoms with E-state index < -0.39 is 21.9 Å². The largest absolute Gasteiger partial charge is 0.497 e. The van der Waals surface area contributed by atoms with E-state index in [9.17, 15) is 17.6 Å². The molecule has 3 heterocycles. The van der Waals surface area contributed by atoms with Crippen molar-refractivity contribution in [1.29, 1.82) is 0 Å². The number of furan rings is 1. The van der Waals surface area contributed by atoms with Crippen molar-refractivity contribution < 1.29 is 26.8 Å². The summed E-state index contributed by atoms with van der Waals surface area (Å²) in [7, 11) is -2.47. The number of methoxy groups -OCH3 is 1. The lowest BCUT2D eigenvalue weighted by atomic mass is 10.1. The highest BCUT2D eigenvalue weighted by molar-refractivity contribution is 7.89. The molecule has 2 aromatic carbocycles. The van der Waals surface area contributed by atoms with Gasteiger partial charge in [0, 0.05) is 36.3 Å². The van der Waals surface area contributed by atoms with Crippen LogP contribution in [0.3, 0.4) is 0 Å². The molecule has 1 aliphatic heterocycles. The molecular weight excluding hydrogens is 485 g/mol. The maximum atomic E-state index is 13.5. The number of ether oxygens (including phenoxy) is 1. The van der Waals surface area contributed by atoms with Crippen LogP contribution in [-0.2, 0) is 21.4 Å². The minimum absolute atomic E-state index is 0.197. The summed E-state index contributed by atoms with van der Waals surface area (Å²) in [6, 6.07) is 15.4. The van der Waals surface area contributed by atoms with Gasteiger partial charge in [-0.15, -0.1) is 0 Å². The average molecular weight is 510 g/mol. The lowest BCUT2D eigenvalue weighted by Gasteiger charge is -2.22. The van der Waals surface area contributed by atoms with E-state index >= 15 is 0 Å². The number of hydrogen-bond acceptors (Lipinski definition) is 6. The minimum Gasteiger partial charge on any atom is -0.497 e. The van der Waals surface area contributed by atoms with Crippen molar-refractivity contribution in [2.24, 2.45) is 0 Å². The molecule has 5 rings (SSSR count). The number of amides is 1. The quantitative estimate of drug-likeness (QED) is 0.402. The second-order valence-corrected chi connectivity index (χ2v) is 10.3. The fourth-order valence-corrected chi connectivity index (χ4v) is 5.94. The van der Waals surface area contributed by atoms with Crippen LogP contribution in [0.1, 0.15) is 18.4 Å². The van der Waals surface area contributed by atoms with E-state index in [1.807, 2.05) is 30.3 Å². The molecule has 1 fully saturated rings. The fourth-order valence-electron chi connectivity index (χ4n) is 4.33. The third kappa shape index (κ3) is 4.69. The van der Waals surface area contributed by atoms with Gasteiger partial charge in [0.05, 0.1) is 12.8 Å². The number of nitrogens with one attached hydrogen (secondary N) is 1. The molecule has 36 heavy (non-hydrogen) atoms. The second kappa shape index (κ2) is 9.71. The highest BCUT2D eigenvalue weighted by Crippen LogP contribution is 2.30. The van der Waals surface area contributed by atoms with Crippen molar-refractivity contribution in [2.75, 3.05) is 13.7 Å². The zero-order valence-corrected chi connectivity index (χ0v) is 20.3. The molecule has 0 saturated carbocycles. The lowest BCUT2D eigenvalue weighted by Crippen LogP contribution is -2.45. The van der Waals surface area contributed by atoms with Crippen molar-refractivity contribution in [2.45, 2.75) is 30.5 Å². The van der Waals surface area contributed by atoms with E-state index in [-0.39, 0.29) is 29.7 Å². The monoisotopic (exact) mass is 509 g/mol. The number of fused-ring (bicyclic) bond motifs is 1. The van der Waals surface area contributed by atoms with E-state index in [2.05, 4.69) is 10.3 Å². The van der Waals surface area contributed by atoms with E-state index in [4.69, 9.17) is 9.15 Å². The molecule has 1 aliphatic rings. The lowest BCUT2D eigenvalue weighted by molar-refractivity contribution is -0.124. The van der Waals surface area contributed by atoms with E-state index in [1.54, 1.807) is 19.4 Å². The van der Waals surface area contributed by atoms with Crippen molar-refractivity contribution in [3.05, 3.63) is 78.2 Å². The highest BCUT2D eigenvalue weighted by atomic mass is 32.2. The Kier molecular flexibility index (Phi) is 6.46. The van der Waals surface area contributed by atoms with E-state index in [0.29, 0.717) is 18.2 Å². The number of halogens is 1. The predicted octanol–water partition coefficient (Wildman–Crippen LogP) is 4.11. The van der Waals surface area contributed by atoms with Gasteiger partial charge in [-0.3, -0.25) is 9.78 Å². The second-order valence-electron chi connectivity index (χ2n) is 8.52. The van der Waals surface area contributed by atoms with Crippen LogP contribution in [-0.4, -0.2) is 43.3 Å². The first-order valence-electron chi connectivity index (χ1n) is 11.4. The van der Waals surface area contributed by atoms with Gasteiger partial charge in [0.1, 0.15) is 23.2 Å². The number of carbonyl (C=O) groups excluding carboxylic acids is 1. The molecule has 2 aromatic heterocycles. The summed E-state index contributed by atoms with van der Waals surface area (Å²) in [4.78, 5) is 17.4. The first kappa shape index (κ1) is 24.0. The molecule has 186 valence electrons. The highest BCUT2D eigenvalue weighted by Gasteiger charge is 2.41. The molecule has 1 amide bonds. The van der Waals surface area contributed by atoms with Gasteiger partial charge in [-0.1, -0.05) is 0 Å². The number of hydrogen-bond donors (Lipinski definition) is 1. The SMILES string of the molecule is COc1ccc(-c2cc(CNC(=O)[C@@H]3CCCN3S(=O)(=O)c3cc4cc(F)ccc4o3)ccn2)cc1. The molecule has 0 aliphatic carbocycles. The predicted molar refractivity (Wildman–Crippen MR) is 131 cm³/mol. The molecule has 10 heteroatoms. The topological polar surface area (TPSA) is 102 Å².